The Morgan fingerprint density at radius 3 is 2.13 bits per heavy atom. The molecule has 0 spiro atoms. The van der Waals surface area contributed by atoms with E-state index in [2.05, 4.69) is 6.08 Å². The van der Waals surface area contributed by atoms with Crippen molar-refractivity contribution in [1.29, 1.82) is 0 Å². The Morgan fingerprint density at radius 2 is 1.61 bits per heavy atom. The van der Waals surface area contributed by atoms with Gasteiger partial charge in [-0.1, -0.05) is 31.1 Å². The molecular weight excluding hydrogens is 292 g/mol. The van der Waals surface area contributed by atoms with Crippen LogP contribution in [0.1, 0.15) is 36.0 Å². The van der Waals surface area contributed by atoms with Crippen molar-refractivity contribution in [3.63, 3.8) is 0 Å². The molecule has 0 saturated heterocycles. The summed E-state index contributed by atoms with van der Waals surface area (Å²) in [7, 11) is 4.60. The van der Waals surface area contributed by atoms with Gasteiger partial charge < -0.3 is 14.2 Å². The molecule has 0 heterocycles. The molecule has 1 aromatic rings. The maximum atomic E-state index is 12.3. The molecule has 0 aliphatic heterocycles. The van der Waals surface area contributed by atoms with E-state index in [1.807, 2.05) is 6.08 Å². The number of ether oxygens (including phenoxy) is 3. The Balaban J connectivity index is 2.11. The Kier molecular flexibility index (Phi) is 6.27. The second-order valence-electron chi connectivity index (χ2n) is 5.57. The number of rotatable bonds is 7. The van der Waals surface area contributed by atoms with Gasteiger partial charge in [0.25, 0.3) is 0 Å². The van der Waals surface area contributed by atoms with Crippen LogP contribution in [0.4, 0.5) is 0 Å². The van der Waals surface area contributed by atoms with E-state index in [1.54, 1.807) is 24.3 Å². The van der Waals surface area contributed by atoms with E-state index in [4.69, 9.17) is 14.2 Å². The standard InChI is InChI=1S/C19H24O4/c1-21-17-12-15(13-18(22-2)19(17)23-3)16(20)11-7-6-10-14-8-4-5-9-14/h6-7,10-14H,4-5,8-9H2,1-3H3/b10-6+,11-7+. The zero-order valence-corrected chi connectivity index (χ0v) is 14.0. The van der Waals surface area contributed by atoms with Gasteiger partial charge in [0.15, 0.2) is 17.3 Å². The molecule has 0 aromatic heterocycles. The largest absolute Gasteiger partial charge is 0.493 e. The average molecular weight is 316 g/mol. The summed E-state index contributed by atoms with van der Waals surface area (Å²) >= 11 is 0. The number of ketones is 1. The molecule has 124 valence electrons. The third kappa shape index (κ3) is 4.38. The third-order valence-electron chi connectivity index (χ3n) is 4.09. The Labute approximate surface area is 137 Å². The van der Waals surface area contributed by atoms with Crippen LogP contribution in [0.5, 0.6) is 17.2 Å². The second-order valence-corrected chi connectivity index (χ2v) is 5.57. The number of carbonyl (C=O) groups is 1. The molecule has 0 unspecified atom stereocenters. The van der Waals surface area contributed by atoms with Gasteiger partial charge in [-0.15, -0.1) is 0 Å². The minimum Gasteiger partial charge on any atom is -0.493 e. The summed E-state index contributed by atoms with van der Waals surface area (Å²) in [5.41, 5.74) is 0.505. The van der Waals surface area contributed by atoms with E-state index >= 15 is 0 Å². The van der Waals surface area contributed by atoms with Gasteiger partial charge in [0.1, 0.15) is 0 Å². The maximum Gasteiger partial charge on any atom is 0.203 e. The number of hydrogen-bond donors (Lipinski definition) is 0. The molecule has 1 fully saturated rings. The Morgan fingerprint density at radius 1 is 1.00 bits per heavy atom. The van der Waals surface area contributed by atoms with E-state index in [0.29, 0.717) is 28.7 Å². The summed E-state index contributed by atoms with van der Waals surface area (Å²) in [4.78, 5) is 12.3. The molecule has 1 aliphatic carbocycles. The normalized spacial score (nSPS) is 15.4. The van der Waals surface area contributed by atoms with Gasteiger partial charge in [-0.05, 0) is 37.0 Å². The predicted octanol–water partition coefficient (Wildman–Crippen LogP) is 4.20. The van der Waals surface area contributed by atoms with Crippen LogP contribution in [0.3, 0.4) is 0 Å². The summed E-state index contributed by atoms with van der Waals surface area (Å²) in [6.45, 7) is 0. The summed E-state index contributed by atoms with van der Waals surface area (Å²) < 4.78 is 15.8. The van der Waals surface area contributed by atoms with Crippen LogP contribution in [-0.4, -0.2) is 27.1 Å². The molecule has 2 rings (SSSR count). The number of allylic oxidation sites excluding steroid dienone is 4. The van der Waals surface area contributed by atoms with Crippen molar-refractivity contribution >= 4 is 5.78 Å². The highest BCUT2D eigenvalue weighted by molar-refractivity contribution is 6.05. The molecule has 23 heavy (non-hydrogen) atoms. The van der Waals surface area contributed by atoms with Crippen LogP contribution in [0.25, 0.3) is 0 Å². The monoisotopic (exact) mass is 316 g/mol. The van der Waals surface area contributed by atoms with E-state index < -0.39 is 0 Å². The molecular formula is C19H24O4. The molecule has 0 bridgehead atoms. The lowest BCUT2D eigenvalue weighted by molar-refractivity contribution is 0.104. The van der Waals surface area contributed by atoms with Gasteiger partial charge in [-0.2, -0.15) is 0 Å². The molecule has 0 amide bonds. The molecule has 4 nitrogen and oxygen atoms in total. The van der Waals surface area contributed by atoms with Gasteiger partial charge >= 0.3 is 0 Å². The second kappa shape index (κ2) is 8.42. The molecule has 4 heteroatoms. The summed E-state index contributed by atoms with van der Waals surface area (Å²) in [5, 5.41) is 0. The first-order chi connectivity index (χ1) is 11.2. The van der Waals surface area contributed by atoms with E-state index in [0.717, 1.165) is 0 Å². The van der Waals surface area contributed by atoms with Crippen LogP contribution in [-0.2, 0) is 0 Å². The lowest BCUT2D eigenvalue weighted by Gasteiger charge is -2.13. The number of methoxy groups -OCH3 is 3. The van der Waals surface area contributed by atoms with Crippen molar-refractivity contribution in [3.05, 3.63) is 42.0 Å². The summed E-state index contributed by atoms with van der Waals surface area (Å²) in [6, 6.07) is 3.32. The van der Waals surface area contributed by atoms with Crippen LogP contribution in [0.15, 0.2) is 36.4 Å². The summed E-state index contributed by atoms with van der Waals surface area (Å²) in [6.07, 6.45) is 12.6. The highest BCUT2D eigenvalue weighted by Gasteiger charge is 2.15. The lowest BCUT2D eigenvalue weighted by atomic mass is 10.1. The fraction of sp³-hybridized carbons (Fsp3) is 0.421. The predicted molar refractivity (Wildman–Crippen MR) is 90.7 cm³/mol. The number of hydrogen-bond acceptors (Lipinski definition) is 4. The van der Waals surface area contributed by atoms with Crippen LogP contribution in [0.2, 0.25) is 0 Å². The van der Waals surface area contributed by atoms with Gasteiger partial charge in [0.2, 0.25) is 5.75 Å². The third-order valence-corrected chi connectivity index (χ3v) is 4.09. The zero-order valence-electron chi connectivity index (χ0n) is 14.0. The fourth-order valence-electron chi connectivity index (χ4n) is 2.83. The Bertz CT molecular complexity index is 570. The van der Waals surface area contributed by atoms with Gasteiger partial charge in [-0.3, -0.25) is 4.79 Å². The van der Waals surface area contributed by atoms with Crippen LogP contribution >= 0.6 is 0 Å². The first kappa shape index (κ1) is 17.1. The molecule has 1 aliphatic rings. The fourth-order valence-corrected chi connectivity index (χ4v) is 2.83. The van der Waals surface area contributed by atoms with Crippen molar-refractivity contribution in [1.82, 2.24) is 0 Å². The van der Waals surface area contributed by atoms with E-state index in [1.165, 1.54) is 47.0 Å². The maximum absolute atomic E-state index is 12.3. The SMILES string of the molecule is COc1cc(C(=O)/C=C/C=C/C2CCCC2)cc(OC)c1OC. The first-order valence-electron chi connectivity index (χ1n) is 7.88. The van der Waals surface area contributed by atoms with Crippen molar-refractivity contribution in [2.75, 3.05) is 21.3 Å². The molecule has 1 saturated carbocycles. The van der Waals surface area contributed by atoms with Crippen LogP contribution < -0.4 is 14.2 Å². The summed E-state index contributed by atoms with van der Waals surface area (Å²) in [5.74, 6) is 2.00. The van der Waals surface area contributed by atoms with E-state index in [-0.39, 0.29) is 5.78 Å². The Hall–Kier alpha value is -2.23. The minimum absolute atomic E-state index is 0.0969. The van der Waals surface area contributed by atoms with Gasteiger partial charge in [0.05, 0.1) is 21.3 Å². The lowest BCUT2D eigenvalue weighted by Crippen LogP contribution is -2.00. The van der Waals surface area contributed by atoms with Gasteiger partial charge in [0, 0.05) is 5.56 Å². The average Bonchev–Trinajstić information content (AvgIpc) is 3.10. The molecule has 0 radical (unpaired) electrons. The molecule has 1 aromatic carbocycles. The van der Waals surface area contributed by atoms with Crippen LogP contribution in [0, 0.1) is 5.92 Å². The smallest absolute Gasteiger partial charge is 0.203 e. The first-order valence-corrected chi connectivity index (χ1v) is 7.88. The van der Waals surface area contributed by atoms with E-state index in [9.17, 15) is 4.79 Å². The number of benzene rings is 1. The molecule has 0 N–H and O–H groups in total. The zero-order chi connectivity index (χ0) is 16.7. The number of carbonyl (C=O) groups excluding carboxylic acids is 1. The topological polar surface area (TPSA) is 44.8 Å². The van der Waals surface area contributed by atoms with Crippen molar-refractivity contribution < 1.29 is 19.0 Å². The van der Waals surface area contributed by atoms with Crippen molar-refractivity contribution in [3.8, 4) is 17.2 Å². The minimum atomic E-state index is -0.0969. The highest BCUT2D eigenvalue weighted by Crippen LogP contribution is 2.38. The quantitative estimate of drug-likeness (QED) is 0.430. The van der Waals surface area contributed by atoms with Gasteiger partial charge in [-0.25, -0.2) is 0 Å². The highest BCUT2D eigenvalue weighted by atomic mass is 16.5. The molecule has 0 atom stereocenters. The van der Waals surface area contributed by atoms with Crippen molar-refractivity contribution in [2.45, 2.75) is 25.7 Å². The van der Waals surface area contributed by atoms with Crippen molar-refractivity contribution in [2.24, 2.45) is 5.92 Å².